The molecule has 2 aliphatic rings. The first kappa shape index (κ1) is 73.8. The van der Waals surface area contributed by atoms with E-state index in [1.165, 1.54) is 83.5 Å². The lowest BCUT2D eigenvalue weighted by atomic mass is 9.97. The van der Waals surface area contributed by atoms with Crippen LogP contribution in [-0.2, 0) is 23.7 Å². The smallest absolute Gasteiger partial charge is 0.220 e. The highest BCUT2D eigenvalue weighted by molar-refractivity contribution is 5.76. The number of hydrogen-bond donors (Lipinski definition) is 9. The highest BCUT2D eigenvalue weighted by Crippen LogP contribution is 2.30. The summed E-state index contributed by atoms with van der Waals surface area (Å²) >= 11 is 0. The Bertz CT molecular complexity index is 1770. The van der Waals surface area contributed by atoms with Gasteiger partial charge in [-0.3, -0.25) is 4.79 Å². The fraction of sp³-hybridized carbons (Fsp3) is 0.716. The van der Waals surface area contributed by atoms with E-state index in [1.54, 1.807) is 6.08 Å². The molecule has 0 aromatic carbocycles. The standard InChI is InChI=1S/C67H113NO13/c1-3-5-7-9-11-12-13-14-15-16-17-18-19-20-21-22-23-24-25-26-27-28-29-30-31-32-33-34-35-36-37-38-39-40-41-42-43-44-45-47-49-51-59(72)68-55(56(71)50-48-46-10-8-6-4-2)54-78-66-64(77)62(75)65(58(53-70)80-66)81-67-63(76)61(74)60(73)57(52-69)79-67/h5,7,11-12,14-15,17-18,20-21,23-24,26-27,29-30,48,50,55-58,60-67,69-71,73-77H,3-4,6,8-10,13,16,19,22,25,28,31-47,49,51-54H2,1-2H3,(H,68,72)/b7-5-,12-11-,15-14-,18-17-,21-20-,24-23-,27-26-,30-29-,50-48+. The summed E-state index contributed by atoms with van der Waals surface area (Å²) < 4.78 is 22.6. The van der Waals surface area contributed by atoms with E-state index in [2.05, 4.69) is 116 Å². The maximum Gasteiger partial charge on any atom is 0.220 e. The normalized spacial score (nSPS) is 24.9. The van der Waals surface area contributed by atoms with Crippen LogP contribution in [0.15, 0.2) is 109 Å². The molecule has 0 bridgehead atoms. The summed E-state index contributed by atoms with van der Waals surface area (Å²) in [6.07, 6.45) is 56.4. The molecule has 1 amide bonds. The number of nitrogens with one attached hydrogen (secondary N) is 1. The second-order valence-electron chi connectivity index (χ2n) is 21.8. The van der Waals surface area contributed by atoms with Gasteiger partial charge in [0.15, 0.2) is 12.6 Å². The Kier molecular flexibility index (Phi) is 46.5. The largest absolute Gasteiger partial charge is 0.394 e. The number of aliphatic hydroxyl groups is 8. The number of hydrogen-bond acceptors (Lipinski definition) is 13. The van der Waals surface area contributed by atoms with E-state index in [4.69, 9.17) is 18.9 Å². The Balaban J connectivity index is 1.51. The molecule has 12 atom stereocenters. The van der Waals surface area contributed by atoms with E-state index in [1.807, 2.05) is 6.08 Å². The van der Waals surface area contributed by atoms with Crippen molar-refractivity contribution in [2.75, 3.05) is 19.8 Å². The summed E-state index contributed by atoms with van der Waals surface area (Å²) in [5, 5.41) is 86.5. The van der Waals surface area contributed by atoms with Gasteiger partial charge in [-0.25, -0.2) is 0 Å². The van der Waals surface area contributed by atoms with Gasteiger partial charge >= 0.3 is 0 Å². The molecule has 0 spiro atoms. The van der Waals surface area contributed by atoms with Gasteiger partial charge in [-0.05, 0) is 83.5 Å². The number of carbonyl (C=O) groups is 1. The molecular weight excluding hydrogens is 1030 g/mol. The maximum absolute atomic E-state index is 13.2. The molecule has 14 nitrogen and oxygen atoms in total. The van der Waals surface area contributed by atoms with Gasteiger partial charge in [-0.1, -0.05) is 232 Å². The van der Waals surface area contributed by atoms with Crippen molar-refractivity contribution in [3.8, 4) is 0 Å². The van der Waals surface area contributed by atoms with E-state index in [9.17, 15) is 45.6 Å². The quantitative estimate of drug-likeness (QED) is 0.0204. The zero-order valence-electron chi connectivity index (χ0n) is 50.0. The third-order valence-corrected chi connectivity index (χ3v) is 14.7. The Labute approximate surface area is 489 Å². The summed E-state index contributed by atoms with van der Waals surface area (Å²) in [4.78, 5) is 13.2. The summed E-state index contributed by atoms with van der Waals surface area (Å²) in [6, 6.07) is -0.915. The van der Waals surface area contributed by atoms with Crippen molar-refractivity contribution in [3.63, 3.8) is 0 Å². The summed E-state index contributed by atoms with van der Waals surface area (Å²) in [7, 11) is 0. The van der Waals surface area contributed by atoms with Crippen LogP contribution < -0.4 is 5.32 Å². The Morgan fingerprint density at radius 2 is 0.852 bits per heavy atom. The topological polar surface area (TPSA) is 228 Å². The number of ether oxygens (including phenoxy) is 4. The van der Waals surface area contributed by atoms with E-state index in [0.717, 1.165) is 103 Å². The fourth-order valence-corrected chi connectivity index (χ4v) is 9.66. The molecule has 14 heteroatoms. The Morgan fingerprint density at radius 1 is 0.457 bits per heavy atom. The fourth-order valence-electron chi connectivity index (χ4n) is 9.66. The summed E-state index contributed by atoms with van der Waals surface area (Å²) in [5.41, 5.74) is 0. The summed E-state index contributed by atoms with van der Waals surface area (Å²) in [6.45, 7) is 2.57. The predicted octanol–water partition coefficient (Wildman–Crippen LogP) is 11.6. The van der Waals surface area contributed by atoms with Crippen molar-refractivity contribution in [1.82, 2.24) is 5.32 Å². The van der Waals surface area contributed by atoms with Crippen LogP contribution in [0.4, 0.5) is 0 Å². The molecule has 0 aromatic heterocycles. The molecule has 2 aliphatic heterocycles. The van der Waals surface area contributed by atoms with Gasteiger partial charge in [0.1, 0.15) is 48.8 Å². The highest BCUT2D eigenvalue weighted by Gasteiger charge is 2.51. The number of amides is 1. The Morgan fingerprint density at radius 3 is 1.31 bits per heavy atom. The van der Waals surface area contributed by atoms with Crippen LogP contribution in [0.2, 0.25) is 0 Å². The van der Waals surface area contributed by atoms with Gasteiger partial charge in [0.25, 0.3) is 0 Å². The molecule has 9 N–H and O–H groups in total. The van der Waals surface area contributed by atoms with E-state index >= 15 is 0 Å². The first-order chi connectivity index (χ1) is 39.6. The average molecular weight is 1140 g/mol. The first-order valence-corrected chi connectivity index (χ1v) is 31.6. The average Bonchev–Trinajstić information content (AvgIpc) is 3.55. The molecule has 0 aliphatic carbocycles. The van der Waals surface area contributed by atoms with Crippen LogP contribution >= 0.6 is 0 Å². The molecule has 12 unspecified atom stereocenters. The summed E-state index contributed by atoms with van der Waals surface area (Å²) in [5.74, 6) is -0.249. The van der Waals surface area contributed by atoms with Crippen LogP contribution in [0.5, 0.6) is 0 Å². The van der Waals surface area contributed by atoms with Crippen molar-refractivity contribution in [2.45, 2.75) is 286 Å². The molecule has 0 aromatic rings. The first-order valence-electron chi connectivity index (χ1n) is 31.6. The lowest BCUT2D eigenvalue weighted by Gasteiger charge is -2.46. The maximum atomic E-state index is 13.2. The van der Waals surface area contributed by atoms with Crippen LogP contribution in [0, 0.1) is 0 Å². The van der Waals surface area contributed by atoms with Crippen LogP contribution in [-0.4, -0.2) is 140 Å². The number of allylic oxidation sites excluding steroid dienone is 17. The van der Waals surface area contributed by atoms with Crippen molar-refractivity contribution in [3.05, 3.63) is 109 Å². The van der Waals surface area contributed by atoms with Gasteiger partial charge in [-0.2, -0.15) is 0 Å². The lowest BCUT2D eigenvalue weighted by Crippen LogP contribution is -2.65. The minimum absolute atomic E-state index is 0.249. The van der Waals surface area contributed by atoms with Crippen molar-refractivity contribution in [2.24, 2.45) is 0 Å². The molecule has 464 valence electrons. The third-order valence-electron chi connectivity index (χ3n) is 14.7. The van der Waals surface area contributed by atoms with Gasteiger partial charge in [0, 0.05) is 6.42 Å². The molecule has 2 heterocycles. The number of carbonyl (C=O) groups excluding carboxylic acids is 1. The Hall–Kier alpha value is -3.35. The molecule has 2 rings (SSSR count). The van der Waals surface area contributed by atoms with Gasteiger partial charge in [-0.15, -0.1) is 0 Å². The molecule has 81 heavy (non-hydrogen) atoms. The zero-order valence-corrected chi connectivity index (χ0v) is 50.0. The second-order valence-corrected chi connectivity index (χ2v) is 21.8. The number of aliphatic hydroxyl groups excluding tert-OH is 8. The van der Waals surface area contributed by atoms with Crippen molar-refractivity contribution >= 4 is 5.91 Å². The number of unbranched alkanes of at least 4 members (excludes halogenated alkanes) is 20. The second kappa shape index (κ2) is 51.1. The van der Waals surface area contributed by atoms with Gasteiger partial charge in [0.05, 0.1) is 32.0 Å². The zero-order chi connectivity index (χ0) is 58.8. The van der Waals surface area contributed by atoms with Crippen LogP contribution in [0.1, 0.15) is 213 Å². The molecule has 0 radical (unpaired) electrons. The molecule has 2 fully saturated rings. The minimum atomic E-state index is -1.79. The van der Waals surface area contributed by atoms with Crippen LogP contribution in [0.3, 0.4) is 0 Å². The van der Waals surface area contributed by atoms with Crippen LogP contribution in [0.25, 0.3) is 0 Å². The van der Waals surface area contributed by atoms with Gasteiger partial charge < -0.3 is 65.1 Å². The number of rotatable bonds is 49. The molecule has 2 saturated heterocycles. The van der Waals surface area contributed by atoms with E-state index in [0.29, 0.717) is 6.42 Å². The SMILES string of the molecule is CC/C=C\C/C=C\C/C=C\C/C=C\C/C=C\C/C=C\C/C=C\C/C=C\CCCCCCCCCCCCCCCCCCC(=O)NC(COC1OC(CO)C(OC2OC(CO)C(O)C(O)C2O)C(O)C1O)C(O)/C=C/CCCCCC. The highest BCUT2D eigenvalue weighted by atomic mass is 16.7. The van der Waals surface area contributed by atoms with E-state index in [-0.39, 0.29) is 18.9 Å². The minimum Gasteiger partial charge on any atom is -0.394 e. The van der Waals surface area contributed by atoms with Crippen molar-refractivity contribution in [1.29, 1.82) is 0 Å². The van der Waals surface area contributed by atoms with Gasteiger partial charge in [0.2, 0.25) is 5.91 Å². The predicted molar refractivity (Wildman–Crippen MR) is 327 cm³/mol. The molecular formula is C67H113NO13. The monoisotopic (exact) mass is 1140 g/mol. The third kappa shape index (κ3) is 36.2. The van der Waals surface area contributed by atoms with E-state index < -0.39 is 86.8 Å². The molecule has 0 saturated carbocycles. The lowest BCUT2D eigenvalue weighted by molar-refractivity contribution is -0.359. The van der Waals surface area contributed by atoms with Crippen molar-refractivity contribution < 1.29 is 64.6 Å².